The summed E-state index contributed by atoms with van der Waals surface area (Å²) in [6.07, 6.45) is 2.73. The second-order valence-electron chi connectivity index (χ2n) is 5.59. The number of nitrogens with zero attached hydrogens (tertiary/aromatic N) is 2. The molecular formula is C19H21N3O2S. The monoisotopic (exact) mass is 355 g/mol. The average molecular weight is 355 g/mol. The molecule has 6 heteroatoms. The van der Waals surface area contributed by atoms with Gasteiger partial charge in [0.05, 0.1) is 30.2 Å². The average Bonchev–Trinajstić information content (AvgIpc) is 3.07. The quantitative estimate of drug-likeness (QED) is 0.497. The van der Waals surface area contributed by atoms with Crippen LogP contribution >= 0.6 is 11.8 Å². The molecule has 0 aliphatic carbocycles. The van der Waals surface area contributed by atoms with Gasteiger partial charge >= 0.3 is 0 Å². The van der Waals surface area contributed by atoms with E-state index in [0.29, 0.717) is 12.3 Å². The Labute approximate surface area is 151 Å². The van der Waals surface area contributed by atoms with Gasteiger partial charge in [0.1, 0.15) is 5.75 Å². The van der Waals surface area contributed by atoms with Crippen LogP contribution in [-0.2, 0) is 11.3 Å². The van der Waals surface area contributed by atoms with Gasteiger partial charge in [-0.25, -0.2) is 4.98 Å². The van der Waals surface area contributed by atoms with Crippen LogP contribution in [0.4, 0.5) is 0 Å². The van der Waals surface area contributed by atoms with E-state index in [1.165, 1.54) is 11.8 Å². The molecule has 0 saturated heterocycles. The molecule has 3 aromatic rings. The summed E-state index contributed by atoms with van der Waals surface area (Å²) in [5, 5.41) is 2.97. The van der Waals surface area contributed by atoms with Crippen molar-refractivity contribution in [2.45, 2.75) is 17.9 Å². The lowest BCUT2D eigenvalue weighted by Crippen LogP contribution is -2.26. The van der Waals surface area contributed by atoms with E-state index in [-0.39, 0.29) is 5.91 Å². The number of amides is 1. The molecule has 0 bridgehead atoms. The Balaban J connectivity index is 1.37. The lowest BCUT2D eigenvalue weighted by Gasteiger charge is -2.07. The van der Waals surface area contributed by atoms with Gasteiger partial charge in [0.15, 0.2) is 0 Å². The molecule has 130 valence electrons. The molecule has 1 amide bonds. The molecule has 0 spiro atoms. The number of aryl methyl sites for hydroxylation is 1. The first kappa shape index (κ1) is 17.4. The van der Waals surface area contributed by atoms with Gasteiger partial charge in [0.2, 0.25) is 5.91 Å². The van der Waals surface area contributed by atoms with Gasteiger partial charge in [-0.1, -0.05) is 12.1 Å². The van der Waals surface area contributed by atoms with Crippen molar-refractivity contribution in [3.8, 4) is 5.75 Å². The number of rotatable bonds is 8. The normalized spacial score (nSPS) is 10.8. The van der Waals surface area contributed by atoms with Gasteiger partial charge in [-0.15, -0.1) is 11.8 Å². The zero-order valence-corrected chi connectivity index (χ0v) is 15.0. The predicted octanol–water partition coefficient (Wildman–Crippen LogP) is 3.34. The molecule has 1 N–H and O–H groups in total. The predicted molar refractivity (Wildman–Crippen MR) is 101 cm³/mol. The third-order valence-corrected chi connectivity index (χ3v) is 4.87. The van der Waals surface area contributed by atoms with Crippen LogP contribution in [-0.4, -0.2) is 34.9 Å². The smallest absolute Gasteiger partial charge is 0.230 e. The second-order valence-corrected chi connectivity index (χ2v) is 6.64. The fraction of sp³-hybridized carbons (Fsp3) is 0.263. The first-order valence-corrected chi connectivity index (χ1v) is 9.18. The minimum absolute atomic E-state index is 0.0521. The molecule has 0 atom stereocenters. The molecule has 1 aromatic heterocycles. The largest absolute Gasteiger partial charge is 0.497 e. The van der Waals surface area contributed by atoms with Gasteiger partial charge in [-0.2, -0.15) is 0 Å². The molecule has 25 heavy (non-hydrogen) atoms. The number of ether oxygens (including phenoxy) is 1. The molecule has 0 aliphatic rings. The molecule has 3 rings (SSSR count). The van der Waals surface area contributed by atoms with Gasteiger partial charge in [0.25, 0.3) is 0 Å². The first-order valence-electron chi connectivity index (χ1n) is 8.19. The summed E-state index contributed by atoms with van der Waals surface area (Å²) in [7, 11) is 1.64. The number of nitrogens with one attached hydrogen (secondary N) is 1. The number of para-hydroxylation sites is 2. The van der Waals surface area contributed by atoms with Crippen LogP contribution in [0, 0.1) is 0 Å². The van der Waals surface area contributed by atoms with Crippen molar-refractivity contribution in [1.29, 1.82) is 0 Å². The van der Waals surface area contributed by atoms with Crippen molar-refractivity contribution in [2.75, 3.05) is 19.4 Å². The number of thioether (sulfide) groups is 1. The third-order valence-electron chi connectivity index (χ3n) is 3.85. The van der Waals surface area contributed by atoms with Gasteiger partial charge < -0.3 is 14.6 Å². The molecule has 0 fully saturated rings. The number of fused-ring (bicyclic) bond motifs is 1. The maximum atomic E-state index is 11.9. The van der Waals surface area contributed by atoms with Crippen LogP contribution in [0.1, 0.15) is 6.42 Å². The highest BCUT2D eigenvalue weighted by atomic mass is 32.2. The van der Waals surface area contributed by atoms with Crippen LogP contribution in [0.15, 0.2) is 59.8 Å². The van der Waals surface area contributed by atoms with E-state index in [4.69, 9.17) is 4.74 Å². The van der Waals surface area contributed by atoms with Gasteiger partial charge in [0, 0.05) is 18.0 Å². The van der Waals surface area contributed by atoms with E-state index < -0.39 is 0 Å². The summed E-state index contributed by atoms with van der Waals surface area (Å²) in [5.74, 6) is 1.29. The summed E-state index contributed by atoms with van der Waals surface area (Å²) in [6.45, 7) is 1.50. The summed E-state index contributed by atoms with van der Waals surface area (Å²) in [5.41, 5.74) is 2.13. The zero-order chi connectivity index (χ0) is 17.5. The van der Waals surface area contributed by atoms with Crippen LogP contribution in [0.3, 0.4) is 0 Å². The van der Waals surface area contributed by atoms with E-state index >= 15 is 0 Å². The van der Waals surface area contributed by atoms with Crippen molar-refractivity contribution in [2.24, 2.45) is 0 Å². The maximum Gasteiger partial charge on any atom is 0.230 e. The molecule has 2 aromatic carbocycles. The Morgan fingerprint density at radius 1 is 1.20 bits per heavy atom. The van der Waals surface area contributed by atoms with Crippen LogP contribution in [0.25, 0.3) is 11.0 Å². The summed E-state index contributed by atoms with van der Waals surface area (Å²) < 4.78 is 7.24. The van der Waals surface area contributed by atoms with Crippen LogP contribution in [0.5, 0.6) is 5.75 Å². The molecular weight excluding hydrogens is 334 g/mol. The third kappa shape index (κ3) is 4.76. The number of benzene rings is 2. The van der Waals surface area contributed by atoms with Crippen LogP contribution < -0.4 is 10.1 Å². The van der Waals surface area contributed by atoms with Crippen molar-refractivity contribution in [3.63, 3.8) is 0 Å². The number of imidazole rings is 1. The fourth-order valence-electron chi connectivity index (χ4n) is 2.54. The molecule has 0 aliphatic heterocycles. The zero-order valence-electron chi connectivity index (χ0n) is 14.1. The lowest BCUT2D eigenvalue weighted by molar-refractivity contribution is -0.118. The second kappa shape index (κ2) is 8.58. The molecule has 0 unspecified atom stereocenters. The lowest BCUT2D eigenvalue weighted by atomic mass is 10.3. The van der Waals surface area contributed by atoms with Gasteiger partial charge in [-0.05, 0) is 42.8 Å². The minimum Gasteiger partial charge on any atom is -0.497 e. The van der Waals surface area contributed by atoms with E-state index in [0.717, 1.165) is 34.6 Å². The minimum atomic E-state index is 0.0521. The Hall–Kier alpha value is -2.47. The van der Waals surface area contributed by atoms with E-state index in [9.17, 15) is 4.79 Å². The number of carbonyl (C=O) groups is 1. The highest BCUT2D eigenvalue weighted by Gasteiger charge is 2.04. The Kier molecular flexibility index (Phi) is 5.95. The van der Waals surface area contributed by atoms with Crippen molar-refractivity contribution >= 4 is 28.7 Å². The summed E-state index contributed by atoms with van der Waals surface area (Å²) in [6, 6.07) is 15.8. The summed E-state index contributed by atoms with van der Waals surface area (Å²) in [4.78, 5) is 17.4. The highest BCUT2D eigenvalue weighted by molar-refractivity contribution is 8.00. The SMILES string of the molecule is COc1ccc(SCC(=O)NCCCn2cnc3ccccc32)cc1. The standard InChI is InChI=1S/C19H21N3O2S/c1-24-15-7-9-16(10-8-15)25-13-19(23)20-11-4-12-22-14-21-17-5-2-3-6-18(17)22/h2-3,5-10,14H,4,11-13H2,1H3,(H,20,23). The van der Waals surface area contributed by atoms with Crippen molar-refractivity contribution in [1.82, 2.24) is 14.9 Å². The number of hydrogen-bond acceptors (Lipinski definition) is 4. The van der Waals surface area contributed by atoms with E-state index in [2.05, 4.69) is 20.9 Å². The molecule has 0 radical (unpaired) electrons. The Morgan fingerprint density at radius 2 is 2.00 bits per heavy atom. The van der Waals surface area contributed by atoms with Crippen molar-refractivity contribution < 1.29 is 9.53 Å². The first-order chi connectivity index (χ1) is 12.3. The number of methoxy groups -OCH3 is 1. The maximum absolute atomic E-state index is 11.9. The number of aromatic nitrogens is 2. The topological polar surface area (TPSA) is 56.1 Å². The molecule has 0 saturated carbocycles. The molecule has 5 nitrogen and oxygen atoms in total. The number of carbonyl (C=O) groups excluding carboxylic acids is 1. The van der Waals surface area contributed by atoms with E-state index in [1.54, 1.807) is 7.11 Å². The van der Waals surface area contributed by atoms with Gasteiger partial charge in [-0.3, -0.25) is 4.79 Å². The van der Waals surface area contributed by atoms with Crippen molar-refractivity contribution in [3.05, 3.63) is 54.9 Å². The van der Waals surface area contributed by atoms with E-state index in [1.807, 2.05) is 48.8 Å². The fourth-order valence-corrected chi connectivity index (χ4v) is 3.27. The molecule has 1 heterocycles. The Bertz CT molecular complexity index is 830. The Morgan fingerprint density at radius 3 is 2.80 bits per heavy atom. The number of hydrogen-bond donors (Lipinski definition) is 1. The highest BCUT2D eigenvalue weighted by Crippen LogP contribution is 2.20. The van der Waals surface area contributed by atoms with Crippen LogP contribution in [0.2, 0.25) is 0 Å². The summed E-state index contributed by atoms with van der Waals surface area (Å²) >= 11 is 1.52.